The van der Waals surface area contributed by atoms with Crippen molar-refractivity contribution in [2.24, 2.45) is 20.5 Å². The molecule has 0 amide bonds. The Bertz CT molecular complexity index is 401. The summed E-state index contributed by atoms with van der Waals surface area (Å²) in [5.41, 5.74) is -1.23. The Kier molecular flexibility index (Phi) is 7.98. The average Bonchev–Trinajstić information content (AvgIpc) is 2.66. The molecular formula is C20H38N4O. The number of hydrogen-bond acceptors (Lipinski definition) is 5. The molecule has 0 aromatic rings. The Morgan fingerprint density at radius 2 is 1.04 bits per heavy atom. The van der Waals surface area contributed by atoms with Gasteiger partial charge in [-0.25, -0.2) is 0 Å². The van der Waals surface area contributed by atoms with Gasteiger partial charge in [-0.05, 0) is 52.4 Å². The van der Waals surface area contributed by atoms with E-state index < -0.39 is 11.4 Å². The number of nitrogens with zero attached hydrogens (tertiary/aromatic N) is 4. The first-order valence-corrected chi connectivity index (χ1v) is 10.5. The van der Waals surface area contributed by atoms with Crippen LogP contribution in [0.4, 0.5) is 0 Å². The summed E-state index contributed by atoms with van der Waals surface area (Å²) in [5.74, 6) is 0. The minimum Gasteiger partial charge on any atom is -0.323 e. The predicted octanol–water partition coefficient (Wildman–Crippen LogP) is 6.83. The van der Waals surface area contributed by atoms with E-state index in [-0.39, 0.29) is 0 Å². The van der Waals surface area contributed by atoms with E-state index in [9.17, 15) is 0 Å². The summed E-state index contributed by atoms with van der Waals surface area (Å²) < 4.78 is 6.39. The molecule has 0 radical (unpaired) electrons. The van der Waals surface area contributed by atoms with Crippen molar-refractivity contribution in [1.82, 2.24) is 0 Å². The molecule has 0 bridgehead atoms. The smallest absolute Gasteiger partial charge is 0.178 e. The van der Waals surface area contributed by atoms with Gasteiger partial charge in [0.05, 0.1) is 12.1 Å². The van der Waals surface area contributed by atoms with Gasteiger partial charge in [0.1, 0.15) is 0 Å². The normalized spacial score (nSPS) is 26.1. The van der Waals surface area contributed by atoms with Crippen LogP contribution in [0.2, 0.25) is 0 Å². The standard InChI is InChI=1S/C20H38N4O/c1-5-19(3,23-21-17-13-9-7-10-14-17)25-20(4,6-2)24-22-18-15-11-8-12-16-18/h17-18H,5-16H2,1-4H3. The fraction of sp³-hybridized carbons (Fsp3) is 1.00. The first kappa shape index (κ1) is 20.5. The largest absolute Gasteiger partial charge is 0.323 e. The van der Waals surface area contributed by atoms with Crippen LogP contribution >= 0.6 is 0 Å². The van der Waals surface area contributed by atoms with Crippen molar-refractivity contribution in [2.45, 2.75) is 128 Å². The Balaban J connectivity index is 1.98. The first-order valence-electron chi connectivity index (χ1n) is 10.5. The summed E-state index contributed by atoms with van der Waals surface area (Å²) in [6, 6.07) is 0.750. The zero-order chi connectivity index (χ0) is 18.2. The molecule has 0 N–H and O–H groups in total. The van der Waals surface area contributed by atoms with Crippen LogP contribution in [-0.4, -0.2) is 23.5 Å². The number of azo groups is 2. The molecule has 5 nitrogen and oxygen atoms in total. The Hall–Kier alpha value is -0.840. The minimum atomic E-state index is -0.617. The van der Waals surface area contributed by atoms with Crippen LogP contribution in [0, 0.1) is 0 Å². The van der Waals surface area contributed by atoms with Gasteiger partial charge in [0.25, 0.3) is 0 Å². The van der Waals surface area contributed by atoms with Gasteiger partial charge in [-0.3, -0.25) is 0 Å². The summed E-state index contributed by atoms with van der Waals surface area (Å²) in [7, 11) is 0. The Morgan fingerprint density at radius 3 is 1.36 bits per heavy atom. The molecule has 0 aliphatic heterocycles. The van der Waals surface area contributed by atoms with Crippen LogP contribution in [-0.2, 0) is 4.74 Å². The second-order valence-corrected chi connectivity index (χ2v) is 8.17. The maximum atomic E-state index is 6.39. The highest BCUT2D eigenvalue weighted by molar-refractivity contribution is 4.80. The molecule has 2 aliphatic rings. The van der Waals surface area contributed by atoms with Crippen molar-refractivity contribution >= 4 is 0 Å². The van der Waals surface area contributed by atoms with Gasteiger partial charge in [0, 0.05) is 0 Å². The lowest BCUT2D eigenvalue weighted by Crippen LogP contribution is -2.38. The zero-order valence-electron chi connectivity index (χ0n) is 16.8. The maximum Gasteiger partial charge on any atom is 0.178 e. The van der Waals surface area contributed by atoms with Gasteiger partial charge in [-0.1, -0.05) is 52.4 Å². The average molecular weight is 351 g/mol. The fourth-order valence-electron chi connectivity index (χ4n) is 3.60. The third-order valence-corrected chi connectivity index (χ3v) is 5.77. The lowest BCUT2D eigenvalue weighted by atomic mass is 9.96. The molecule has 2 fully saturated rings. The van der Waals surface area contributed by atoms with E-state index in [2.05, 4.69) is 34.3 Å². The molecule has 5 heteroatoms. The molecular weight excluding hydrogens is 312 g/mol. The lowest BCUT2D eigenvalue weighted by Gasteiger charge is -2.33. The van der Waals surface area contributed by atoms with E-state index in [0.29, 0.717) is 12.1 Å². The third-order valence-electron chi connectivity index (χ3n) is 5.77. The number of rotatable bonds is 8. The van der Waals surface area contributed by atoms with E-state index in [0.717, 1.165) is 38.5 Å². The summed E-state index contributed by atoms with van der Waals surface area (Å²) >= 11 is 0. The molecule has 0 saturated heterocycles. The molecule has 0 spiro atoms. The molecule has 25 heavy (non-hydrogen) atoms. The molecule has 0 aromatic carbocycles. The lowest BCUT2D eigenvalue weighted by molar-refractivity contribution is -0.143. The van der Waals surface area contributed by atoms with Gasteiger partial charge in [0.2, 0.25) is 0 Å². The van der Waals surface area contributed by atoms with Gasteiger partial charge in [0.15, 0.2) is 11.4 Å². The van der Waals surface area contributed by atoms with E-state index >= 15 is 0 Å². The van der Waals surface area contributed by atoms with Crippen LogP contribution < -0.4 is 0 Å². The minimum absolute atomic E-state index is 0.375. The zero-order valence-corrected chi connectivity index (χ0v) is 16.8. The summed E-state index contributed by atoms with van der Waals surface area (Å²) in [4.78, 5) is 0. The first-order chi connectivity index (χ1) is 12.0. The summed E-state index contributed by atoms with van der Waals surface area (Å²) in [6.45, 7) is 8.27. The van der Waals surface area contributed by atoms with Crippen molar-refractivity contribution in [2.75, 3.05) is 0 Å². The molecule has 144 valence electrons. The molecule has 0 heterocycles. The van der Waals surface area contributed by atoms with Gasteiger partial charge >= 0.3 is 0 Å². The highest BCUT2D eigenvalue weighted by Gasteiger charge is 2.35. The molecule has 2 saturated carbocycles. The molecule has 2 unspecified atom stereocenters. The fourth-order valence-corrected chi connectivity index (χ4v) is 3.60. The third kappa shape index (κ3) is 6.76. The predicted molar refractivity (Wildman–Crippen MR) is 102 cm³/mol. The maximum absolute atomic E-state index is 6.39. The molecule has 2 aliphatic carbocycles. The Morgan fingerprint density at radius 1 is 0.680 bits per heavy atom. The second kappa shape index (κ2) is 9.75. The van der Waals surface area contributed by atoms with Crippen molar-refractivity contribution in [3.8, 4) is 0 Å². The monoisotopic (exact) mass is 350 g/mol. The quantitative estimate of drug-likeness (QED) is 0.443. The Labute approximate surface area is 154 Å². The highest BCUT2D eigenvalue weighted by atomic mass is 16.5. The second-order valence-electron chi connectivity index (χ2n) is 8.17. The summed E-state index contributed by atoms with van der Waals surface area (Å²) in [6.07, 6.45) is 14.0. The van der Waals surface area contributed by atoms with E-state index in [1.807, 2.05) is 13.8 Å². The van der Waals surface area contributed by atoms with E-state index in [4.69, 9.17) is 4.74 Å². The van der Waals surface area contributed by atoms with Gasteiger partial charge < -0.3 is 4.74 Å². The van der Waals surface area contributed by atoms with Crippen molar-refractivity contribution in [1.29, 1.82) is 0 Å². The topological polar surface area (TPSA) is 58.7 Å². The van der Waals surface area contributed by atoms with Crippen molar-refractivity contribution < 1.29 is 4.74 Å². The van der Waals surface area contributed by atoms with E-state index in [1.54, 1.807) is 0 Å². The van der Waals surface area contributed by atoms with Crippen molar-refractivity contribution in [3.05, 3.63) is 0 Å². The van der Waals surface area contributed by atoms with Crippen molar-refractivity contribution in [3.63, 3.8) is 0 Å². The summed E-state index contributed by atoms with van der Waals surface area (Å²) in [5, 5.41) is 18.5. The highest BCUT2D eigenvalue weighted by Crippen LogP contribution is 2.31. The van der Waals surface area contributed by atoms with E-state index in [1.165, 1.54) is 38.5 Å². The van der Waals surface area contributed by atoms with Crippen LogP contribution in [0.3, 0.4) is 0 Å². The van der Waals surface area contributed by atoms with Gasteiger partial charge in [-0.15, -0.1) is 0 Å². The van der Waals surface area contributed by atoms with Crippen LogP contribution in [0.25, 0.3) is 0 Å². The SMILES string of the molecule is CCC(C)(N=NC1CCCCC1)OC(C)(CC)N=NC1CCCCC1. The molecule has 2 rings (SSSR count). The van der Waals surface area contributed by atoms with Crippen LogP contribution in [0.5, 0.6) is 0 Å². The van der Waals surface area contributed by atoms with Crippen LogP contribution in [0.15, 0.2) is 20.5 Å². The van der Waals surface area contributed by atoms with Crippen LogP contribution in [0.1, 0.15) is 105 Å². The van der Waals surface area contributed by atoms with Gasteiger partial charge in [-0.2, -0.15) is 20.5 Å². The molecule has 2 atom stereocenters. The number of ether oxygens (including phenoxy) is 1. The molecule has 0 aromatic heterocycles. The number of hydrogen-bond donors (Lipinski definition) is 0.